The van der Waals surface area contributed by atoms with Gasteiger partial charge in [0.1, 0.15) is 23.0 Å². The summed E-state index contributed by atoms with van der Waals surface area (Å²) >= 11 is 3.51. The minimum absolute atomic E-state index is 0.401. The van der Waals surface area contributed by atoms with Gasteiger partial charge in [0.05, 0.1) is 36.1 Å². The number of hydrogen-bond donors (Lipinski definition) is 1. The van der Waals surface area contributed by atoms with E-state index in [-0.39, 0.29) is 0 Å². The van der Waals surface area contributed by atoms with Gasteiger partial charge in [0.15, 0.2) is 0 Å². The molecule has 0 unspecified atom stereocenters. The third-order valence-corrected chi connectivity index (χ3v) is 1.56. The van der Waals surface area contributed by atoms with Crippen LogP contribution in [0.5, 0.6) is 0 Å². The normalized spacial score (nSPS) is 9.00. The number of amides is 1. The highest BCUT2D eigenvalue weighted by molar-refractivity contribution is 14.1. The summed E-state index contributed by atoms with van der Waals surface area (Å²) in [5.41, 5.74) is 0. The van der Waals surface area contributed by atoms with Gasteiger partial charge in [0, 0.05) is 6.42 Å². The van der Waals surface area contributed by atoms with Gasteiger partial charge in [-0.15, -0.1) is 0 Å². The smallest absolute Gasteiger partial charge is 0.415 e. The summed E-state index contributed by atoms with van der Waals surface area (Å²) in [4.78, 5) is 10.4. The second kappa shape index (κ2) is 7.79. The van der Waals surface area contributed by atoms with Crippen LogP contribution in [-0.4, -0.2) is 19.3 Å². The first kappa shape index (κ1) is 10.7. The van der Waals surface area contributed by atoms with Gasteiger partial charge in [-0.25, -0.2) is 4.79 Å². The fraction of sp³-hybridized carbons (Fsp3) is 0.750. The Bertz CT molecular complexity index is 101. The average Bonchev–Trinajstić information content (AvgIpc) is 1.98. The fourth-order valence-electron chi connectivity index (χ4n) is 0.306. The number of carbonyl (C=O) groups excluding carboxylic acids is 1. The quantitative estimate of drug-likeness (QED) is 0.466. The summed E-state index contributed by atoms with van der Waals surface area (Å²) in [7, 11) is 0. The Balaban J connectivity index is 2.96. The maximum Gasteiger partial charge on any atom is 0.415 e. The third kappa shape index (κ3) is 6.81. The van der Waals surface area contributed by atoms with E-state index in [1.165, 1.54) is 0 Å². The molecule has 0 radical (unpaired) electrons. The minimum atomic E-state index is -0.408. The second-order valence-electron chi connectivity index (χ2n) is 1.40. The van der Waals surface area contributed by atoms with Crippen LogP contribution in [0.3, 0.4) is 0 Å². The number of ether oxygens (including phenoxy) is 1. The number of rotatable bonds is 4. The maximum absolute atomic E-state index is 10.4. The van der Waals surface area contributed by atoms with Crippen molar-refractivity contribution in [1.29, 1.82) is 0 Å². The molecule has 0 saturated carbocycles. The van der Waals surface area contributed by atoms with Gasteiger partial charge in [-0.05, 0) is 0 Å². The maximum atomic E-state index is 10.4. The number of nitrogens with one attached hydrogen (secondary N) is 1. The van der Waals surface area contributed by atoms with Crippen LogP contribution in [0.1, 0.15) is 6.42 Å². The molecule has 1 N–H and O–H groups in total. The Kier molecular flexibility index (Phi) is 8.33. The molecule has 60 valence electrons. The highest BCUT2D eigenvalue weighted by Gasteiger charge is 1.96. The van der Waals surface area contributed by atoms with Crippen molar-refractivity contribution >= 4 is 52.0 Å². The molecule has 10 heavy (non-hydrogen) atoms. The highest BCUT2D eigenvalue weighted by atomic mass is 127. The SMILES string of the molecule is O=C(NI)OCCCOI. The van der Waals surface area contributed by atoms with E-state index in [4.69, 9.17) is 3.07 Å². The Morgan fingerprint density at radius 3 is 2.70 bits per heavy atom. The van der Waals surface area contributed by atoms with Crippen molar-refractivity contribution in [2.45, 2.75) is 6.42 Å². The van der Waals surface area contributed by atoms with Crippen molar-refractivity contribution in [3.8, 4) is 0 Å². The van der Waals surface area contributed by atoms with E-state index in [9.17, 15) is 4.79 Å². The van der Waals surface area contributed by atoms with Crippen molar-refractivity contribution < 1.29 is 12.6 Å². The molecule has 0 saturated heterocycles. The van der Waals surface area contributed by atoms with Crippen molar-refractivity contribution in [2.75, 3.05) is 13.2 Å². The Hall–Kier alpha value is 0.690. The first-order chi connectivity index (χ1) is 4.81. The van der Waals surface area contributed by atoms with Crippen LogP contribution < -0.4 is 3.53 Å². The Labute approximate surface area is 87.2 Å². The molecule has 0 fully saturated rings. The zero-order chi connectivity index (χ0) is 7.82. The van der Waals surface area contributed by atoms with Gasteiger partial charge in [0.2, 0.25) is 0 Å². The molecule has 0 spiro atoms. The topological polar surface area (TPSA) is 47.6 Å². The van der Waals surface area contributed by atoms with E-state index < -0.39 is 6.09 Å². The van der Waals surface area contributed by atoms with Crippen LogP contribution in [0, 0.1) is 0 Å². The minimum Gasteiger partial charge on any atom is -0.449 e. The van der Waals surface area contributed by atoms with Crippen LogP contribution in [-0.2, 0) is 7.80 Å². The molecular formula is C4H7I2NO3. The fourth-order valence-corrected chi connectivity index (χ4v) is 0.773. The molecule has 0 aromatic heterocycles. The lowest BCUT2D eigenvalue weighted by atomic mass is 10.5. The highest BCUT2D eigenvalue weighted by Crippen LogP contribution is 1.90. The Morgan fingerprint density at radius 1 is 1.50 bits per heavy atom. The van der Waals surface area contributed by atoms with E-state index in [0.29, 0.717) is 13.2 Å². The van der Waals surface area contributed by atoms with E-state index in [1.54, 1.807) is 45.9 Å². The number of carbonyl (C=O) groups is 1. The monoisotopic (exact) mass is 371 g/mol. The zero-order valence-electron chi connectivity index (χ0n) is 5.10. The molecule has 1 amide bonds. The lowest BCUT2D eigenvalue weighted by molar-refractivity contribution is 0.149. The summed E-state index contributed by atoms with van der Waals surface area (Å²) in [5, 5.41) is 0. The summed E-state index contributed by atoms with van der Waals surface area (Å²) in [5.74, 6) is 0. The van der Waals surface area contributed by atoms with Crippen LogP contribution in [0.25, 0.3) is 0 Å². The predicted molar refractivity (Wildman–Crippen MR) is 53.1 cm³/mol. The van der Waals surface area contributed by atoms with Crippen molar-refractivity contribution in [3.05, 3.63) is 0 Å². The third-order valence-electron chi connectivity index (χ3n) is 0.676. The molecule has 0 aliphatic rings. The standard InChI is InChI=1S/C4H7I2NO3/c5-7-4(8)9-2-1-3-10-6/h1-3H2,(H,7,8). The molecule has 0 bridgehead atoms. The first-order valence-corrected chi connectivity index (χ1v) is 4.54. The largest absolute Gasteiger partial charge is 0.449 e. The van der Waals surface area contributed by atoms with Gasteiger partial charge in [-0.1, -0.05) is 0 Å². The molecule has 0 aliphatic heterocycles. The first-order valence-electron chi connectivity index (χ1n) is 2.58. The lowest BCUT2D eigenvalue weighted by Crippen LogP contribution is -2.14. The molecule has 0 aromatic rings. The lowest BCUT2D eigenvalue weighted by Gasteiger charge is -2.00. The molecular weight excluding hydrogens is 364 g/mol. The summed E-state index contributed by atoms with van der Waals surface area (Å²) < 4.78 is 11.7. The van der Waals surface area contributed by atoms with E-state index >= 15 is 0 Å². The summed E-state index contributed by atoms with van der Waals surface area (Å²) in [6.07, 6.45) is 0.321. The number of hydrogen-bond acceptors (Lipinski definition) is 3. The van der Waals surface area contributed by atoms with Gasteiger partial charge >= 0.3 is 6.09 Å². The van der Waals surface area contributed by atoms with Gasteiger partial charge in [0.25, 0.3) is 0 Å². The zero-order valence-corrected chi connectivity index (χ0v) is 9.42. The predicted octanol–water partition coefficient (Wildman–Crippen LogP) is 1.82. The molecule has 0 atom stereocenters. The van der Waals surface area contributed by atoms with Gasteiger partial charge in [-0.2, -0.15) is 0 Å². The van der Waals surface area contributed by atoms with Crippen molar-refractivity contribution in [2.24, 2.45) is 0 Å². The number of halogens is 2. The van der Waals surface area contributed by atoms with E-state index in [0.717, 1.165) is 6.42 Å². The molecule has 0 heterocycles. The molecule has 6 heteroatoms. The van der Waals surface area contributed by atoms with Gasteiger partial charge in [-0.3, -0.25) is 3.53 Å². The molecule has 0 aliphatic carbocycles. The van der Waals surface area contributed by atoms with Gasteiger partial charge < -0.3 is 7.80 Å². The van der Waals surface area contributed by atoms with Crippen LogP contribution >= 0.6 is 45.9 Å². The van der Waals surface area contributed by atoms with Crippen LogP contribution in [0.4, 0.5) is 4.79 Å². The molecule has 4 nitrogen and oxygen atoms in total. The van der Waals surface area contributed by atoms with E-state index in [1.807, 2.05) is 0 Å². The van der Waals surface area contributed by atoms with Crippen molar-refractivity contribution in [3.63, 3.8) is 0 Å². The second-order valence-corrected chi connectivity index (χ2v) is 2.56. The van der Waals surface area contributed by atoms with Crippen LogP contribution in [0.15, 0.2) is 0 Å². The Morgan fingerprint density at radius 2 is 2.20 bits per heavy atom. The van der Waals surface area contributed by atoms with Crippen LogP contribution in [0.2, 0.25) is 0 Å². The summed E-state index contributed by atoms with van der Waals surface area (Å²) in [6, 6.07) is 0. The molecule has 0 aromatic carbocycles. The van der Waals surface area contributed by atoms with Crippen molar-refractivity contribution in [1.82, 2.24) is 3.53 Å². The van der Waals surface area contributed by atoms with E-state index in [2.05, 4.69) is 8.27 Å². The summed E-state index contributed by atoms with van der Waals surface area (Å²) in [6.45, 7) is 1.01. The average molecular weight is 371 g/mol. The molecule has 0 rings (SSSR count).